The summed E-state index contributed by atoms with van der Waals surface area (Å²) in [5, 5.41) is 2.50. The van der Waals surface area contributed by atoms with E-state index in [-0.39, 0.29) is 51.6 Å². The van der Waals surface area contributed by atoms with Crippen molar-refractivity contribution in [2.75, 3.05) is 17.7 Å². The van der Waals surface area contributed by atoms with Crippen LogP contribution < -0.4 is 26.1 Å². The summed E-state index contributed by atoms with van der Waals surface area (Å²) in [4.78, 5) is 31.1. The minimum Gasteiger partial charge on any atom is -0.493 e. The molecule has 0 aliphatic heterocycles. The normalized spacial score (nSPS) is 12.1. The van der Waals surface area contributed by atoms with Gasteiger partial charge in [0.2, 0.25) is 0 Å². The minimum atomic E-state index is -4.19. The Morgan fingerprint density at radius 1 is 0.960 bits per heavy atom. The molecule has 0 spiro atoms. The van der Waals surface area contributed by atoms with Gasteiger partial charge in [0.1, 0.15) is 28.0 Å². The molecule has 0 aliphatic rings. The van der Waals surface area contributed by atoms with Gasteiger partial charge >= 0.3 is 7.82 Å². The van der Waals surface area contributed by atoms with Crippen LogP contribution in [0.2, 0.25) is 5.02 Å². The molecule has 12 nitrogen and oxygen atoms in total. The Labute approximate surface area is 293 Å². The fourth-order valence-corrected chi connectivity index (χ4v) is 6.35. The van der Waals surface area contributed by atoms with Crippen LogP contribution in [0, 0.1) is 11.6 Å². The molecule has 0 fully saturated rings. The van der Waals surface area contributed by atoms with Crippen molar-refractivity contribution in [3.05, 3.63) is 99.1 Å². The van der Waals surface area contributed by atoms with E-state index in [4.69, 9.17) is 40.4 Å². The Balaban J connectivity index is 1.63. The van der Waals surface area contributed by atoms with Crippen molar-refractivity contribution in [3.8, 4) is 22.9 Å². The lowest BCUT2D eigenvalue weighted by molar-refractivity contribution is 0.000593. The van der Waals surface area contributed by atoms with Gasteiger partial charge in [0.25, 0.3) is 11.5 Å². The fourth-order valence-electron chi connectivity index (χ4n) is 4.41. The number of hydrogen-bond acceptors (Lipinski definition) is 10. The van der Waals surface area contributed by atoms with Crippen molar-refractivity contribution in [1.82, 2.24) is 9.55 Å². The van der Waals surface area contributed by atoms with Crippen molar-refractivity contribution in [1.29, 1.82) is 0 Å². The molecule has 0 aliphatic carbocycles. The molecule has 0 saturated heterocycles. The number of benzene rings is 2. The zero-order valence-electron chi connectivity index (χ0n) is 28.5. The topological polar surface area (TPSA) is 153 Å². The van der Waals surface area contributed by atoms with Gasteiger partial charge in [-0.3, -0.25) is 27.7 Å². The van der Waals surface area contributed by atoms with Crippen LogP contribution in [0.15, 0.2) is 65.7 Å². The third-order valence-electron chi connectivity index (χ3n) is 6.33. The van der Waals surface area contributed by atoms with Crippen molar-refractivity contribution < 1.29 is 41.2 Å². The molecule has 16 heteroatoms. The van der Waals surface area contributed by atoms with E-state index >= 15 is 4.39 Å². The molecule has 0 atom stereocenters. The van der Waals surface area contributed by atoms with Gasteiger partial charge in [0.15, 0.2) is 17.3 Å². The molecule has 0 unspecified atom stereocenters. The highest BCUT2D eigenvalue weighted by molar-refractivity contribution is 7.48. The molecular weight excluding hydrogens is 697 g/mol. The van der Waals surface area contributed by atoms with E-state index in [1.54, 1.807) is 48.5 Å². The van der Waals surface area contributed by atoms with Crippen LogP contribution in [0.3, 0.4) is 0 Å². The molecule has 50 heavy (non-hydrogen) atoms. The number of aromatic nitrogens is 2. The lowest BCUT2D eigenvalue weighted by Gasteiger charge is -2.31. The molecule has 1 amide bonds. The number of ether oxygens (including phenoxy) is 2. The number of carbonyl (C=O) groups excluding carboxylic acids is 1. The first-order valence-corrected chi connectivity index (χ1v) is 17.1. The van der Waals surface area contributed by atoms with Crippen LogP contribution >= 0.6 is 19.4 Å². The number of phosphoric ester groups is 1. The minimum absolute atomic E-state index is 0.000474. The molecule has 268 valence electrons. The Morgan fingerprint density at radius 3 is 2.26 bits per heavy atom. The predicted octanol–water partition coefficient (Wildman–Crippen LogP) is 8.44. The van der Waals surface area contributed by atoms with Crippen LogP contribution in [-0.2, 0) is 24.7 Å². The maximum Gasteiger partial charge on any atom is 0.476 e. The van der Waals surface area contributed by atoms with E-state index in [9.17, 15) is 18.5 Å². The standard InChI is InChI=1S/C34H38ClF2N4O8P/c1-8-45-26-14-16-41(22-10-11-23(36)20(17-22)19-46-50(44,48-33(2,3)4)49-34(5,6)7)32(43)28(26)31(42)40-21-9-12-25(24(37)18-21)47-27-13-15-39-30(38)29(27)35/h9-18H,8,19H2,1-7H3,(H2,38,39)(H,40,42). The van der Waals surface area contributed by atoms with E-state index in [2.05, 4.69) is 10.3 Å². The monoisotopic (exact) mass is 734 g/mol. The van der Waals surface area contributed by atoms with Crippen molar-refractivity contribution in [2.24, 2.45) is 0 Å². The van der Waals surface area contributed by atoms with Gasteiger partial charge in [-0.1, -0.05) is 11.6 Å². The van der Waals surface area contributed by atoms with Gasteiger partial charge in [-0.2, -0.15) is 0 Å². The average Bonchev–Trinajstić information content (AvgIpc) is 2.99. The molecule has 4 aromatic rings. The largest absolute Gasteiger partial charge is 0.493 e. The first-order valence-electron chi connectivity index (χ1n) is 15.3. The maximum absolute atomic E-state index is 15.0. The van der Waals surface area contributed by atoms with Crippen molar-refractivity contribution in [3.63, 3.8) is 0 Å². The molecule has 2 aromatic heterocycles. The Kier molecular flexibility index (Phi) is 11.8. The van der Waals surface area contributed by atoms with Gasteiger partial charge in [-0.05, 0) is 84.9 Å². The quantitative estimate of drug-likeness (QED) is 0.136. The number of pyridine rings is 2. The summed E-state index contributed by atoms with van der Waals surface area (Å²) in [6.45, 7) is 11.3. The summed E-state index contributed by atoms with van der Waals surface area (Å²) in [6, 6.07) is 10.1. The Morgan fingerprint density at radius 2 is 1.64 bits per heavy atom. The molecule has 0 saturated carbocycles. The Bertz CT molecular complexity index is 1980. The van der Waals surface area contributed by atoms with Gasteiger partial charge in [-0.15, -0.1) is 0 Å². The molecule has 3 N–H and O–H groups in total. The van der Waals surface area contributed by atoms with Crippen LogP contribution in [0.1, 0.15) is 64.4 Å². The zero-order valence-corrected chi connectivity index (χ0v) is 30.2. The summed E-state index contributed by atoms with van der Waals surface area (Å²) in [5.41, 5.74) is 2.69. The van der Waals surface area contributed by atoms with Gasteiger partial charge in [0, 0.05) is 41.5 Å². The predicted molar refractivity (Wildman–Crippen MR) is 185 cm³/mol. The molecule has 0 bridgehead atoms. The second kappa shape index (κ2) is 15.3. The smallest absolute Gasteiger partial charge is 0.476 e. The number of carbonyl (C=O) groups is 1. The van der Waals surface area contributed by atoms with Crippen LogP contribution in [0.25, 0.3) is 5.69 Å². The first-order chi connectivity index (χ1) is 23.3. The molecule has 2 aromatic carbocycles. The summed E-state index contributed by atoms with van der Waals surface area (Å²) < 4.78 is 72.5. The molecule has 4 rings (SSSR count). The Hall–Kier alpha value is -4.33. The maximum atomic E-state index is 15.0. The van der Waals surface area contributed by atoms with Crippen molar-refractivity contribution in [2.45, 2.75) is 66.3 Å². The summed E-state index contributed by atoms with van der Waals surface area (Å²) in [5.74, 6) is -2.65. The number of hydrogen-bond donors (Lipinski definition) is 2. The third kappa shape index (κ3) is 9.89. The number of nitrogens with two attached hydrogens (primary N) is 1. The van der Waals surface area contributed by atoms with Crippen LogP contribution in [0.4, 0.5) is 20.3 Å². The van der Waals surface area contributed by atoms with Gasteiger partial charge in [0.05, 0.1) is 24.4 Å². The number of halogens is 3. The van der Waals surface area contributed by atoms with E-state index < -0.39 is 54.3 Å². The number of nitrogens with zero attached hydrogens (tertiary/aromatic N) is 2. The molecule has 0 radical (unpaired) electrons. The van der Waals surface area contributed by atoms with E-state index in [1.807, 2.05) is 0 Å². The summed E-state index contributed by atoms with van der Waals surface area (Å²) in [7, 11) is -4.19. The average molecular weight is 735 g/mol. The first kappa shape index (κ1) is 38.5. The highest BCUT2D eigenvalue weighted by atomic mass is 35.5. The highest BCUT2D eigenvalue weighted by Crippen LogP contribution is 2.56. The SMILES string of the molecule is CCOc1ccn(-c2ccc(F)c(COP(=O)(OC(C)(C)C)OC(C)(C)C)c2)c(=O)c1C(=O)Nc1ccc(Oc2ccnc(N)c2Cl)c(F)c1. The lowest BCUT2D eigenvalue weighted by atomic mass is 10.1. The summed E-state index contributed by atoms with van der Waals surface area (Å²) >= 11 is 6.09. The van der Waals surface area contributed by atoms with Crippen molar-refractivity contribution >= 4 is 36.8 Å². The number of nitrogens with one attached hydrogen (secondary N) is 1. The summed E-state index contributed by atoms with van der Waals surface area (Å²) in [6.07, 6.45) is 2.69. The second-order valence-corrected chi connectivity index (χ2v) is 14.7. The number of nitrogen functional groups attached to an aromatic ring is 1. The second-order valence-electron chi connectivity index (χ2n) is 12.8. The number of amides is 1. The van der Waals surface area contributed by atoms with Crippen LogP contribution in [0.5, 0.6) is 17.2 Å². The van der Waals surface area contributed by atoms with E-state index in [1.165, 1.54) is 48.8 Å². The zero-order chi connectivity index (χ0) is 37.0. The molecule has 2 heterocycles. The number of anilines is 2. The molecular formula is C34H38ClF2N4O8P. The number of rotatable bonds is 12. The lowest BCUT2D eigenvalue weighted by Crippen LogP contribution is -2.29. The van der Waals surface area contributed by atoms with Gasteiger partial charge in [-0.25, -0.2) is 18.3 Å². The van der Waals surface area contributed by atoms with E-state index in [0.29, 0.717) is 0 Å². The third-order valence-corrected chi connectivity index (χ3v) is 8.70. The van der Waals surface area contributed by atoms with Gasteiger partial charge < -0.3 is 20.5 Å². The number of phosphoric acid groups is 1. The highest BCUT2D eigenvalue weighted by Gasteiger charge is 2.37. The fraction of sp³-hybridized carbons (Fsp3) is 0.324. The van der Waals surface area contributed by atoms with Crippen LogP contribution in [-0.4, -0.2) is 33.3 Å². The van der Waals surface area contributed by atoms with E-state index in [0.717, 1.165) is 16.7 Å².